The summed E-state index contributed by atoms with van der Waals surface area (Å²) in [6.45, 7) is 3.99. The zero-order chi connectivity index (χ0) is 21.7. The molecule has 2 N–H and O–H groups in total. The average molecular weight is 444 g/mol. The van der Waals surface area contributed by atoms with E-state index in [2.05, 4.69) is 20.8 Å². The molecule has 3 aromatic rings. The van der Waals surface area contributed by atoms with E-state index in [0.29, 0.717) is 15.7 Å². The first-order chi connectivity index (χ1) is 14.4. The van der Waals surface area contributed by atoms with E-state index in [9.17, 15) is 9.59 Å². The number of carbonyl (C=O) groups is 2. The van der Waals surface area contributed by atoms with Gasteiger partial charge in [-0.15, -0.1) is 0 Å². The van der Waals surface area contributed by atoms with Crippen molar-refractivity contribution in [1.82, 2.24) is 20.3 Å². The third-order valence-corrected chi connectivity index (χ3v) is 4.89. The number of hydrazone groups is 1. The molecule has 0 bridgehead atoms. The van der Waals surface area contributed by atoms with Gasteiger partial charge in [-0.05, 0) is 50.2 Å². The van der Waals surface area contributed by atoms with Crippen LogP contribution >= 0.6 is 23.2 Å². The summed E-state index contributed by atoms with van der Waals surface area (Å²) in [5, 5.41) is 7.45. The normalized spacial score (nSPS) is 10.9. The Morgan fingerprint density at radius 1 is 1.13 bits per heavy atom. The number of nitrogens with zero attached hydrogens (tertiary/aromatic N) is 3. The van der Waals surface area contributed by atoms with Gasteiger partial charge in [-0.3, -0.25) is 14.6 Å². The van der Waals surface area contributed by atoms with Gasteiger partial charge in [0.05, 0.1) is 29.2 Å². The van der Waals surface area contributed by atoms with Crippen LogP contribution in [0.15, 0.2) is 53.8 Å². The average Bonchev–Trinajstić information content (AvgIpc) is 3.00. The summed E-state index contributed by atoms with van der Waals surface area (Å²) in [4.78, 5) is 27.9. The van der Waals surface area contributed by atoms with Gasteiger partial charge in [0, 0.05) is 28.2 Å². The Morgan fingerprint density at radius 3 is 2.63 bits per heavy atom. The van der Waals surface area contributed by atoms with Crippen molar-refractivity contribution in [3.63, 3.8) is 0 Å². The summed E-state index contributed by atoms with van der Waals surface area (Å²) in [6, 6.07) is 12.5. The van der Waals surface area contributed by atoms with Crippen molar-refractivity contribution in [3.8, 4) is 5.69 Å². The number of halogens is 2. The van der Waals surface area contributed by atoms with Crippen LogP contribution in [-0.4, -0.2) is 27.6 Å². The molecule has 2 amide bonds. The van der Waals surface area contributed by atoms with Crippen LogP contribution in [0, 0.1) is 13.8 Å². The number of amides is 2. The Kier molecular flexibility index (Phi) is 6.87. The fourth-order valence-corrected chi connectivity index (χ4v) is 3.41. The van der Waals surface area contributed by atoms with E-state index in [1.165, 1.54) is 6.21 Å². The number of benzene rings is 1. The first-order valence-electron chi connectivity index (χ1n) is 9.02. The molecule has 0 saturated heterocycles. The van der Waals surface area contributed by atoms with E-state index in [1.807, 2.05) is 30.5 Å². The van der Waals surface area contributed by atoms with Crippen LogP contribution in [0.5, 0.6) is 0 Å². The topological polar surface area (TPSA) is 88.4 Å². The summed E-state index contributed by atoms with van der Waals surface area (Å²) in [5.41, 5.74) is 6.23. The highest BCUT2D eigenvalue weighted by molar-refractivity contribution is 6.36. The summed E-state index contributed by atoms with van der Waals surface area (Å²) in [5.74, 6) is -1.66. The van der Waals surface area contributed by atoms with E-state index in [-0.39, 0.29) is 6.54 Å². The lowest BCUT2D eigenvalue weighted by Gasteiger charge is -2.11. The number of carbonyl (C=O) groups excluding carboxylic acids is 2. The molecule has 0 spiro atoms. The SMILES string of the molecule is Cc1cc(/C=N\NC(=O)C(=O)NCc2ccccn2)c(C)n1-c1ccc(Cl)cc1Cl. The van der Waals surface area contributed by atoms with Gasteiger partial charge in [0.15, 0.2) is 0 Å². The number of aryl methyl sites for hydroxylation is 1. The second-order valence-corrected chi connectivity index (χ2v) is 7.30. The minimum absolute atomic E-state index is 0.153. The maximum absolute atomic E-state index is 11.9. The molecular formula is C21H19Cl2N5O2. The molecule has 0 aliphatic carbocycles. The highest BCUT2D eigenvalue weighted by Gasteiger charge is 2.14. The van der Waals surface area contributed by atoms with Crippen LogP contribution in [0.1, 0.15) is 22.6 Å². The molecule has 7 nitrogen and oxygen atoms in total. The van der Waals surface area contributed by atoms with Gasteiger partial charge in [0.1, 0.15) is 0 Å². The standard InChI is InChI=1S/C21H19Cl2N5O2/c1-13-9-15(14(2)28(13)19-7-6-16(22)10-18(19)23)11-26-27-21(30)20(29)25-12-17-5-3-4-8-24-17/h3-11H,12H2,1-2H3,(H,25,29)(H,27,30)/b26-11-. The van der Waals surface area contributed by atoms with E-state index in [1.54, 1.807) is 36.5 Å². The Labute approximate surface area is 183 Å². The Hall–Kier alpha value is -3.16. The Morgan fingerprint density at radius 2 is 1.93 bits per heavy atom. The van der Waals surface area contributed by atoms with Crippen molar-refractivity contribution in [3.05, 3.63) is 81.4 Å². The van der Waals surface area contributed by atoms with Gasteiger partial charge in [0.2, 0.25) is 0 Å². The molecule has 154 valence electrons. The van der Waals surface area contributed by atoms with E-state index < -0.39 is 11.8 Å². The number of hydrogen-bond acceptors (Lipinski definition) is 4. The van der Waals surface area contributed by atoms with Crippen LogP contribution in [0.25, 0.3) is 5.69 Å². The lowest BCUT2D eigenvalue weighted by atomic mass is 10.2. The monoisotopic (exact) mass is 443 g/mol. The molecule has 0 aliphatic heterocycles. The van der Waals surface area contributed by atoms with Gasteiger partial charge < -0.3 is 9.88 Å². The molecule has 0 saturated carbocycles. The maximum atomic E-state index is 11.9. The van der Waals surface area contributed by atoms with Crippen molar-refractivity contribution in [2.75, 3.05) is 0 Å². The van der Waals surface area contributed by atoms with E-state index >= 15 is 0 Å². The quantitative estimate of drug-likeness (QED) is 0.358. The highest BCUT2D eigenvalue weighted by atomic mass is 35.5. The predicted molar refractivity (Wildman–Crippen MR) is 117 cm³/mol. The molecule has 0 atom stereocenters. The smallest absolute Gasteiger partial charge is 0.329 e. The molecule has 3 rings (SSSR count). The third-order valence-electron chi connectivity index (χ3n) is 4.35. The van der Waals surface area contributed by atoms with Crippen molar-refractivity contribution in [2.24, 2.45) is 5.10 Å². The van der Waals surface area contributed by atoms with Gasteiger partial charge in [-0.2, -0.15) is 5.10 Å². The molecule has 0 radical (unpaired) electrons. The summed E-state index contributed by atoms with van der Waals surface area (Å²) < 4.78 is 1.96. The maximum Gasteiger partial charge on any atom is 0.329 e. The van der Waals surface area contributed by atoms with E-state index in [4.69, 9.17) is 23.2 Å². The minimum Gasteiger partial charge on any atom is -0.342 e. The third kappa shape index (κ3) is 5.06. The summed E-state index contributed by atoms with van der Waals surface area (Å²) >= 11 is 12.3. The number of nitrogens with one attached hydrogen (secondary N) is 2. The van der Waals surface area contributed by atoms with Gasteiger partial charge >= 0.3 is 11.8 Å². The van der Waals surface area contributed by atoms with Crippen molar-refractivity contribution in [2.45, 2.75) is 20.4 Å². The minimum atomic E-state index is -0.864. The van der Waals surface area contributed by atoms with E-state index in [0.717, 1.165) is 22.6 Å². The van der Waals surface area contributed by atoms with Crippen LogP contribution in [0.3, 0.4) is 0 Å². The molecular weight excluding hydrogens is 425 g/mol. The first-order valence-corrected chi connectivity index (χ1v) is 9.78. The van der Waals surface area contributed by atoms with Gasteiger partial charge in [-0.25, -0.2) is 5.43 Å². The summed E-state index contributed by atoms with van der Waals surface area (Å²) in [7, 11) is 0. The highest BCUT2D eigenvalue weighted by Crippen LogP contribution is 2.28. The molecule has 30 heavy (non-hydrogen) atoms. The summed E-state index contributed by atoms with van der Waals surface area (Å²) in [6.07, 6.45) is 3.09. The van der Waals surface area contributed by atoms with Gasteiger partial charge in [-0.1, -0.05) is 29.3 Å². The van der Waals surface area contributed by atoms with Crippen molar-refractivity contribution in [1.29, 1.82) is 0 Å². The van der Waals surface area contributed by atoms with Crippen LogP contribution in [0.4, 0.5) is 0 Å². The largest absolute Gasteiger partial charge is 0.342 e. The first kappa shape index (κ1) is 21.5. The molecule has 0 fully saturated rings. The fourth-order valence-electron chi connectivity index (χ4n) is 2.92. The number of rotatable bonds is 5. The number of hydrogen-bond donors (Lipinski definition) is 2. The molecule has 0 aliphatic rings. The zero-order valence-electron chi connectivity index (χ0n) is 16.3. The fraction of sp³-hybridized carbons (Fsp3) is 0.143. The van der Waals surface area contributed by atoms with Crippen LogP contribution in [-0.2, 0) is 16.1 Å². The Bertz CT molecular complexity index is 1110. The lowest BCUT2D eigenvalue weighted by Crippen LogP contribution is -2.37. The van der Waals surface area contributed by atoms with Crippen molar-refractivity contribution >= 4 is 41.2 Å². The number of aromatic nitrogens is 2. The zero-order valence-corrected chi connectivity index (χ0v) is 17.8. The second kappa shape index (κ2) is 9.56. The molecule has 0 unspecified atom stereocenters. The Balaban J connectivity index is 1.65. The lowest BCUT2D eigenvalue weighted by molar-refractivity contribution is -0.139. The second-order valence-electron chi connectivity index (χ2n) is 6.46. The van der Waals surface area contributed by atoms with Crippen LogP contribution < -0.4 is 10.7 Å². The number of pyridine rings is 1. The molecule has 2 aromatic heterocycles. The van der Waals surface area contributed by atoms with Crippen molar-refractivity contribution < 1.29 is 9.59 Å². The molecule has 2 heterocycles. The van der Waals surface area contributed by atoms with Gasteiger partial charge in [0.25, 0.3) is 0 Å². The predicted octanol–water partition coefficient (Wildman–Crippen LogP) is 3.56. The van der Waals surface area contributed by atoms with Crippen LogP contribution in [0.2, 0.25) is 10.0 Å². The molecule has 1 aromatic carbocycles. The molecule has 9 heteroatoms.